The molecule has 0 saturated carbocycles. The third kappa shape index (κ3) is 4.07. The first-order chi connectivity index (χ1) is 8.04. The van der Waals surface area contributed by atoms with E-state index in [1.165, 1.54) is 5.56 Å². The van der Waals surface area contributed by atoms with Crippen LogP contribution >= 0.6 is 0 Å². The van der Waals surface area contributed by atoms with E-state index in [-0.39, 0.29) is 12.5 Å². The number of rotatable bonds is 6. The topological polar surface area (TPSA) is 58.4 Å². The number of benzene rings is 1. The Morgan fingerprint density at radius 3 is 2.71 bits per heavy atom. The van der Waals surface area contributed by atoms with E-state index in [4.69, 9.17) is 5.73 Å². The number of anilines is 1. The van der Waals surface area contributed by atoms with Gasteiger partial charge in [-0.25, -0.2) is 0 Å². The Hall–Kier alpha value is -1.55. The van der Waals surface area contributed by atoms with Crippen molar-refractivity contribution in [3.8, 4) is 0 Å². The van der Waals surface area contributed by atoms with Gasteiger partial charge in [-0.05, 0) is 30.7 Å². The summed E-state index contributed by atoms with van der Waals surface area (Å²) in [7, 11) is 1.87. The van der Waals surface area contributed by atoms with Crippen molar-refractivity contribution < 1.29 is 4.79 Å². The normalized spacial score (nSPS) is 10.3. The maximum Gasteiger partial charge on any atom is 0.236 e. The molecule has 0 saturated heterocycles. The van der Waals surface area contributed by atoms with Crippen molar-refractivity contribution in [2.45, 2.75) is 20.4 Å². The third-order valence-corrected chi connectivity index (χ3v) is 2.64. The Kier molecular flexibility index (Phi) is 4.97. The van der Waals surface area contributed by atoms with Gasteiger partial charge < -0.3 is 16.0 Å². The predicted molar refractivity (Wildman–Crippen MR) is 71.0 cm³/mol. The minimum absolute atomic E-state index is 0.243. The van der Waals surface area contributed by atoms with E-state index in [1.807, 2.05) is 24.9 Å². The Labute approximate surface area is 103 Å². The summed E-state index contributed by atoms with van der Waals surface area (Å²) in [5.41, 5.74) is 8.64. The molecular formula is C13H21N3O. The van der Waals surface area contributed by atoms with Crippen LogP contribution in [0.2, 0.25) is 0 Å². The molecule has 0 aliphatic carbocycles. The minimum Gasteiger partial charge on any atom is -0.368 e. The lowest BCUT2D eigenvalue weighted by Crippen LogP contribution is -2.30. The first-order valence-corrected chi connectivity index (χ1v) is 5.84. The number of likely N-dealkylation sites (N-methyl/N-ethyl adjacent to an activating group) is 1. The van der Waals surface area contributed by atoms with Gasteiger partial charge in [-0.3, -0.25) is 4.79 Å². The maximum atomic E-state index is 10.9. The van der Waals surface area contributed by atoms with Gasteiger partial charge >= 0.3 is 0 Å². The molecule has 1 rings (SSSR count). The Morgan fingerprint density at radius 2 is 2.18 bits per heavy atom. The van der Waals surface area contributed by atoms with Crippen LogP contribution < -0.4 is 16.0 Å². The molecule has 0 spiro atoms. The van der Waals surface area contributed by atoms with Crippen molar-refractivity contribution in [2.75, 3.05) is 25.0 Å². The number of hydrogen-bond donors (Lipinski definition) is 2. The van der Waals surface area contributed by atoms with Gasteiger partial charge in [-0.15, -0.1) is 0 Å². The molecule has 1 amide bonds. The van der Waals surface area contributed by atoms with Gasteiger partial charge in [0.05, 0.1) is 6.54 Å². The average molecular weight is 235 g/mol. The van der Waals surface area contributed by atoms with Crippen LogP contribution in [0.3, 0.4) is 0 Å². The molecule has 1 aromatic rings. The summed E-state index contributed by atoms with van der Waals surface area (Å²) in [6.07, 6.45) is 0. The van der Waals surface area contributed by atoms with Crippen molar-refractivity contribution in [3.05, 3.63) is 29.3 Å². The largest absolute Gasteiger partial charge is 0.368 e. The van der Waals surface area contributed by atoms with Crippen LogP contribution in [0.15, 0.2) is 18.2 Å². The molecule has 1 aromatic carbocycles. The summed E-state index contributed by atoms with van der Waals surface area (Å²) in [4.78, 5) is 12.7. The van der Waals surface area contributed by atoms with Crippen LogP contribution in [0.25, 0.3) is 0 Å². The maximum absolute atomic E-state index is 10.9. The van der Waals surface area contributed by atoms with E-state index in [9.17, 15) is 4.79 Å². The highest BCUT2D eigenvalue weighted by molar-refractivity contribution is 5.79. The van der Waals surface area contributed by atoms with Crippen LogP contribution in [0, 0.1) is 6.92 Å². The number of aryl methyl sites for hydroxylation is 1. The number of nitrogens with one attached hydrogen (secondary N) is 1. The molecule has 0 radical (unpaired) electrons. The van der Waals surface area contributed by atoms with Gasteiger partial charge in [0.25, 0.3) is 0 Å². The fourth-order valence-electron chi connectivity index (χ4n) is 1.84. The molecular weight excluding hydrogens is 214 g/mol. The fourth-order valence-corrected chi connectivity index (χ4v) is 1.84. The molecule has 0 bridgehead atoms. The number of nitrogens with two attached hydrogens (primary N) is 1. The second-order valence-electron chi connectivity index (χ2n) is 4.22. The predicted octanol–water partition coefficient (Wildman–Crippen LogP) is 1.03. The summed E-state index contributed by atoms with van der Waals surface area (Å²) < 4.78 is 0. The summed E-state index contributed by atoms with van der Waals surface area (Å²) in [5, 5.41) is 3.28. The zero-order valence-electron chi connectivity index (χ0n) is 10.8. The van der Waals surface area contributed by atoms with Crippen LogP contribution in [-0.2, 0) is 11.3 Å². The molecule has 0 aliphatic heterocycles. The summed E-state index contributed by atoms with van der Waals surface area (Å²) in [6.45, 7) is 6.21. The van der Waals surface area contributed by atoms with Crippen LogP contribution in [-0.4, -0.2) is 26.0 Å². The molecule has 0 heterocycles. The van der Waals surface area contributed by atoms with E-state index in [1.54, 1.807) is 0 Å². The van der Waals surface area contributed by atoms with Gasteiger partial charge in [-0.1, -0.05) is 19.1 Å². The van der Waals surface area contributed by atoms with Gasteiger partial charge in [0.15, 0.2) is 0 Å². The molecule has 4 nitrogen and oxygen atoms in total. The van der Waals surface area contributed by atoms with Crippen molar-refractivity contribution in [3.63, 3.8) is 0 Å². The quantitative estimate of drug-likeness (QED) is 0.774. The van der Waals surface area contributed by atoms with Gasteiger partial charge in [-0.2, -0.15) is 0 Å². The molecule has 17 heavy (non-hydrogen) atoms. The molecule has 0 aliphatic rings. The smallest absolute Gasteiger partial charge is 0.236 e. The molecule has 3 N–H and O–H groups in total. The van der Waals surface area contributed by atoms with Crippen LogP contribution in [0.1, 0.15) is 18.1 Å². The molecule has 94 valence electrons. The highest BCUT2D eigenvalue weighted by Gasteiger charge is 2.07. The molecule has 0 atom stereocenters. The molecule has 0 unspecified atom stereocenters. The van der Waals surface area contributed by atoms with Gasteiger partial charge in [0.2, 0.25) is 5.91 Å². The number of carbonyl (C=O) groups excluding carboxylic acids is 1. The third-order valence-electron chi connectivity index (χ3n) is 2.64. The first-order valence-electron chi connectivity index (χ1n) is 5.84. The summed E-state index contributed by atoms with van der Waals surface area (Å²) >= 11 is 0. The number of nitrogens with zero attached hydrogens (tertiary/aromatic N) is 1. The molecule has 4 heteroatoms. The highest BCUT2D eigenvalue weighted by atomic mass is 16.1. The van der Waals surface area contributed by atoms with E-state index >= 15 is 0 Å². The standard InChI is InChI=1S/C13H21N3O/c1-4-15-8-11-5-6-12(10(2)7-11)16(3)9-13(14)17/h5-7,15H,4,8-9H2,1-3H3,(H2,14,17). The lowest BCUT2D eigenvalue weighted by Gasteiger charge is -2.20. The van der Waals surface area contributed by atoms with Crippen molar-refractivity contribution in [1.29, 1.82) is 0 Å². The van der Waals surface area contributed by atoms with Gasteiger partial charge in [0.1, 0.15) is 0 Å². The van der Waals surface area contributed by atoms with E-state index in [0.29, 0.717) is 0 Å². The lowest BCUT2D eigenvalue weighted by atomic mass is 10.1. The average Bonchev–Trinajstić information content (AvgIpc) is 2.25. The van der Waals surface area contributed by atoms with E-state index in [0.717, 1.165) is 24.3 Å². The van der Waals surface area contributed by atoms with Crippen LogP contribution in [0.4, 0.5) is 5.69 Å². The Morgan fingerprint density at radius 1 is 1.47 bits per heavy atom. The molecule has 0 aromatic heterocycles. The van der Waals surface area contributed by atoms with Crippen molar-refractivity contribution >= 4 is 11.6 Å². The SMILES string of the molecule is CCNCc1ccc(N(C)CC(N)=O)c(C)c1. The van der Waals surface area contributed by atoms with Crippen LogP contribution in [0.5, 0.6) is 0 Å². The fraction of sp³-hybridized carbons (Fsp3) is 0.462. The van der Waals surface area contributed by atoms with E-state index < -0.39 is 0 Å². The summed E-state index contributed by atoms with van der Waals surface area (Å²) in [5.74, 6) is -0.316. The number of amides is 1. The van der Waals surface area contributed by atoms with Gasteiger partial charge in [0, 0.05) is 19.3 Å². The minimum atomic E-state index is -0.316. The van der Waals surface area contributed by atoms with Crippen molar-refractivity contribution in [2.24, 2.45) is 5.73 Å². The summed E-state index contributed by atoms with van der Waals surface area (Å²) in [6, 6.07) is 6.24. The number of primary amides is 1. The lowest BCUT2D eigenvalue weighted by molar-refractivity contribution is -0.116. The zero-order valence-corrected chi connectivity index (χ0v) is 10.8. The Bertz CT molecular complexity index is 390. The monoisotopic (exact) mass is 235 g/mol. The molecule has 0 fully saturated rings. The first kappa shape index (κ1) is 13.5. The number of hydrogen-bond acceptors (Lipinski definition) is 3. The Balaban J connectivity index is 2.78. The zero-order chi connectivity index (χ0) is 12.8. The second-order valence-corrected chi connectivity index (χ2v) is 4.22. The number of carbonyl (C=O) groups is 1. The van der Waals surface area contributed by atoms with E-state index in [2.05, 4.69) is 24.4 Å². The highest BCUT2D eigenvalue weighted by Crippen LogP contribution is 2.19. The second kappa shape index (κ2) is 6.25. The van der Waals surface area contributed by atoms with Crippen molar-refractivity contribution in [1.82, 2.24) is 5.32 Å².